The lowest BCUT2D eigenvalue weighted by molar-refractivity contribution is 0.769. The number of pyridine rings is 1. The number of hydrogen-bond acceptors (Lipinski definition) is 5. The summed E-state index contributed by atoms with van der Waals surface area (Å²) in [5.41, 5.74) is 3.42. The van der Waals surface area contributed by atoms with Crippen LogP contribution in [-0.4, -0.2) is 21.5 Å². The molecule has 1 aromatic carbocycles. The van der Waals surface area contributed by atoms with Gasteiger partial charge in [-0.25, -0.2) is 15.0 Å². The SMILES string of the molecule is C=C(/C=C(/C)NCCC)Nc1nc(-c2ccccc2)nc2ncccc12. The normalized spacial score (nSPS) is 11.4. The van der Waals surface area contributed by atoms with Crippen LogP contribution in [0.2, 0.25) is 0 Å². The average Bonchev–Trinajstić information content (AvgIpc) is 2.67. The van der Waals surface area contributed by atoms with Crippen LogP contribution < -0.4 is 10.6 Å². The Morgan fingerprint density at radius 3 is 2.69 bits per heavy atom. The molecule has 0 saturated carbocycles. The fraction of sp³-hybridized carbons (Fsp3) is 0.190. The summed E-state index contributed by atoms with van der Waals surface area (Å²) in [5, 5.41) is 7.50. The van der Waals surface area contributed by atoms with Gasteiger partial charge in [0.05, 0.1) is 5.39 Å². The van der Waals surface area contributed by atoms with Gasteiger partial charge in [0.25, 0.3) is 0 Å². The topological polar surface area (TPSA) is 62.7 Å². The van der Waals surface area contributed by atoms with Gasteiger partial charge in [-0.05, 0) is 31.6 Å². The van der Waals surface area contributed by atoms with Crippen LogP contribution in [0.1, 0.15) is 20.3 Å². The molecule has 0 spiro atoms. The molecule has 2 aromatic heterocycles. The molecule has 0 aliphatic rings. The van der Waals surface area contributed by atoms with E-state index < -0.39 is 0 Å². The van der Waals surface area contributed by atoms with Gasteiger partial charge < -0.3 is 10.6 Å². The summed E-state index contributed by atoms with van der Waals surface area (Å²) in [7, 11) is 0. The Kier molecular flexibility index (Phi) is 5.59. The maximum atomic E-state index is 4.71. The maximum absolute atomic E-state index is 4.71. The number of nitrogens with zero attached hydrogens (tertiary/aromatic N) is 3. The number of anilines is 1. The van der Waals surface area contributed by atoms with Crippen molar-refractivity contribution in [3.05, 3.63) is 72.7 Å². The van der Waals surface area contributed by atoms with E-state index in [1.54, 1.807) is 6.20 Å². The largest absolute Gasteiger partial charge is 0.389 e. The van der Waals surface area contributed by atoms with Crippen molar-refractivity contribution in [3.8, 4) is 11.4 Å². The molecule has 0 aliphatic carbocycles. The van der Waals surface area contributed by atoms with Crippen LogP contribution in [-0.2, 0) is 0 Å². The van der Waals surface area contributed by atoms with Crippen molar-refractivity contribution in [1.29, 1.82) is 0 Å². The van der Waals surface area contributed by atoms with E-state index in [2.05, 4.69) is 34.1 Å². The minimum atomic E-state index is 0.636. The predicted octanol–water partition coefficient (Wildman–Crippen LogP) is 4.52. The predicted molar refractivity (Wildman–Crippen MR) is 108 cm³/mol. The highest BCUT2D eigenvalue weighted by atomic mass is 15.1. The molecule has 5 heteroatoms. The van der Waals surface area contributed by atoms with Crippen LogP contribution in [0.15, 0.2) is 72.7 Å². The van der Waals surface area contributed by atoms with Crippen LogP contribution in [0.25, 0.3) is 22.4 Å². The molecule has 26 heavy (non-hydrogen) atoms. The highest BCUT2D eigenvalue weighted by molar-refractivity contribution is 5.88. The zero-order valence-electron chi connectivity index (χ0n) is 15.2. The van der Waals surface area contributed by atoms with Crippen LogP contribution in [0.5, 0.6) is 0 Å². The molecule has 3 aromatic rings. The lowest BCUT2D eigenvalue weighted by Crippen LogP contribution is -2.12. The third-order valence-electron chi connectivity index (χ3n) is 3.83. The van der Waals surface area contributed by atoms with Crippen molar-refractivity contribution in [2.24, 2.45) is 0 Å². The Hall–Kier alpha value is -3.21. The summed E-state index contributed by atoms with van der Waals surface area (Å²) in [5.74, 6) is 1.34. The summed E-state index contributed by atoms with van der Waals surface area (Å²) in [4.78, 5) is 13.7. The zero-order chi connectivity index (χ0) is 18.4. The van der Waals surface area contributed by atoms with Gasteiger partial charge in [-0.15, -0.1) is 0 Å². The molecule has 3 rings (SSSR count). The number of rotatable bonds is 7. The quantitative estimate of drug-likeness (QED) is 0.616. The van der Waals surface area contributed by atoms with Gasteiger partial charge >= 0.3 is 0 Å². The fourth-order valence-corrected chi connectivity index (χ4v) is 2.60. The molecule has 5 nitrogen and oxygen atoms in total. The third-order valence-corrected chi connectivity index (χ3v) is 3.83. The van der Waals surface area contributed by atoms with Crippen molar-refractivity contribution in [1.82, 2.24) is 20.3 Å². The van der Waals surface area contributed by atoms with E-state index in [1.165, 1.54) is 0 Å². The monoisotopic (exact) mass is 345 g/mol. The highest BCUT2D eigenvalue weighted by Gasteiger charge is 2.10. The first-order chi connectivity index (χ1) is 12.7. The van der Waals surface area contributed by atoms with E-state index in [4.69, 9.17) is 4.98 Å². The molecule has 2 heterocycles. The maximum Gasteiger partial charge on any atom is 0.165 e. The Bertz CT molecular complexity index is 932. The smallest absolute Gasteiger partial charge is 0.165 e. The van der Waals surface area contributed by atoms with Crippen LogP contribution in [0, 0.1) is 0 Å². The number of fused-ring (bicyclic) bond motifs is 1. The molecule has 132 valence electrons. The molecule has 0 aliphatic heterocycles. The standard InChI is InChI=1S/C21H23N5/c1-4-12-22-15(2)14-16(3)24-21-18-11-8-13-23-20(18)25-19(26-21)17-9-6-5-7-10-17/h5-11,13-14,22H,3-4,12H2,1-2H3,(H,23,24,25,26)/b15-14-. The van der Waals surface area contributed by atoms with E-state index in [0.717, 1.165) is 35.3 Å². The second-order valence-electron chi connectivity index (χ2n) is 6.04. The Labute approximate surface area is 153 Å². The molecule has 0 atom stereocenters. The van der Waals surface area contributed by atoms with Gasteiger partial charge in [-0.3, -0.25) is 0 Å². The number of aromatic nitrogens is 3. The summed E-state index contributed by atoms with van der Waals surface area (Å²) >= 11 is 0. The van der Waals surface area contributed by atoms with Crippen molar-refractivity contribution < 1.29 is 0 Å². The lowest BCUT2D eigenvalue weighted by Gasteiger charge is -2.12. The van der Waals surface area contributed by atoms with Crippen molar-refractivity contribution in [2.75, 3.05) is 11.9 Å². The van der Waals surface area contributed by atoms with Gasteiger partial charge in [0, 0.05) is 29.7 Å². The first-order valence-corrected chi connectivity index (χ1v) is 8.73. The van der Waals surface area contributed by atoms with E-state index in [0.29, 0.717) is 17.3 Å². The van der Waals surface area contributed by atoms with Gasteiger partial charge in [0.2, 0.25) is 0 Å². The molecule has 0 saturated heterocycles. The molecule has 0 bridgehead atoms. The molecular weight excluding hydrogens is 322 g/mol. The summed E-state index contributed by atoms with van der Waals surface area (Å²) < 4.78 is 0. The summed E-state index contributed by atoms with van der Waals surface area (Å²) in [6.07, 6.45) is 4.79. The average molecular weight is 345 g/mol. The Morgan fingerprint density at radius 1 is 1.12 bits per heavy atom. The second-order valence-corrected chi connectivity index (χ2v) is 6.04. The molecule has 0 unspecified atom stereocenters. The van der Waals surface area contributed by atoms with Gasteiger partial charge in [0.1, 0.15) is 5.82 Å². The Morgan fingerprint density at radius 2 is 1.92 bits per heavy atom. The van der Waals surface area contributed by atoms with E-state index in [1.807, 2.05) is 55.5 Å². The van der Waals surface area contributed by atoms with Crippen molar-refractivity contribution >= 4 is 16.9 Å². The third kappa shape index (κ3) is 4.25. The molecule has 2 N–H and O–H groups in total. The lowest BCUT2D eigenvalue weighted by atomic mass is 10.2. The minimum Gasteiger partial charge on any atom is -0.389 e. The minimum absolute atomic E-state index is 0.636. The first-order valence-electron chi connectivity index (χ1n) is 8.73. The van der Waals surface area contributed by atoms with E-state index in [-0.39, 0.29) is 0 Å². The number of hydrogen-bond donors (Lipinski definition) is 2. The summed E-state index contributed by atoms with van der Waals surface area (Å²) in [6.45, 7) is 9.20. The molecule has 0 fully saturated rings. The van der Waals surface area contributed by atoms with E-state index >= 15 is 0 Å². The fourth-order valence-electron chi connectivity index (χ4n) is 2.60. The molecule has 0 amide bonds. The highest BCUT2D eigenvalue weighted by Crippen LogP contribution is 2.24. The van der Waals surface area contributed by atoms with Crippen LogP contribution >= 0.6 is 0 Å². The van der Waals surface area contributed by atoms with Gasteiger partial charge in [-0.2, -0.15) is 0 Å². The van der Waals surface area contributed by atoms with Crippen molar-refractivity contribution in [3.63, 3.8) is 0 Å². The zero-order valence-corrected chi connectivity index (χ0v) is 15.2. The molecular formula is C21H23N5. The van der Waals surface area contributed by atoms with Crippen LogP contribution in [0.3, 0.4) is 0 Å². The van der Waals surface area contributed by atoms with E-state index in [9.17, 15) is 0 Å². The van der Waals surface area contributed by atoms with Crippen LogP contribution in [0.4, 0.5) is 5.82 Å². The van der Waals surface area contributed by atoms with Gasteiger partial charge in [-0.1, -0.05) is 43.8 Å². The second kappa shape index (κ2) is 8.25. The number of nitrogens with one attached hydrogen (secondary N) is 2. The van der Waals surface area contributed by atoms with Gasteiger partial charge in [0.15, 0.2) is 11.5 Å². The van der Waals surface area contributed by atoms with Crippen molar-refractivity contribution in [2.45, 2.75) is 20.3 Å². The molecule has 0 radical (unpaired) electrons. The Balaban J connectivity index is 1.95. The number of allylic oxidation sites excluding steroid dienone is 2. The summed E-state index contributed by atoms with van der Waals surface area (Å²) in [6, 6.07) is 13.7. The first kappa shape index (κ1) is 17.6. The number of benzene rings is 1.